The van der Waals surface area contributed by atoms with E-state index in [2.05, 4.69) is 157 Å². The summed E-state index contributed by atoms with van der Waals surface area (Å²) in [5.74, 6) is 0. The quantitative estimate of drug-likeness (QED) is 0.0905. The second-order valence-corrected chi connectivity index (χ2v) is 24.3. The summed E-state index contributed by atoms with van der Waals surface area (Å²) >= 11 is 0. The van der Waals surface area contributed by atoms with Gasteiger partial charge in [0.05, 0.1) is 0 Å². The Morgan fingerprint density at radius 3 is 0.979 bits per heavy atom. The molecule has 0 radical (unpaired) electrons. The second-order valence-electron chi connectivity index (χ2n) is 13.7. The lowest BCUT2D eigenvalue weighted by molar-refractivity contribution is 0.149. The Labute approximate surface area is 300 Å². The number of hydrogen-bond acceptors (Lipinski definition) is 4. The Kier molecular flexibility index (Phi) is 13.2. The van der Waals surface area contributed by atoms with Gasteiger partial charge >= 0.3 is 0 Å². The van der Waals surface area contributed by atoms with E-state index in [1.807, 2.05) is 0 Å². The van der Waals surface area contributed by atoms with Gasteiger partial charge in [-0.2, -0.15) is 0 Å². The predicted octanol–water partition coefficient (Wildman–Crippen LogP) is 9.22. The minimum atomic E-state index is -2.69. The fraction of sp³-hybridized carbons (Fsp3) is 0.429. The third-order valence-electron chi connectivity index (χ3n) is 10.6. The zero-order valence-electron chi connectivity index (χ0n) is 29.0. The molecule has 2 saturated carbocycles. The number of hydrogen-bond donors (Lipinski definition) is 0. The molecule has 4 aromatic rings. The molecule has 254 valence electrons. The molecule has 6 rings (SSSR count). The van der Waals surface area contributed by atoms with Gasteiger partial charge in [-0.15, -0.1) is 0 Å². The molecule has 0 bridgehead atoms. The molecule has 4 aromatic carbocycles. The van der Waals surface area contributed by atoms with Gasteiger partial charge in [-0.25, -0.2) is 0 Å². The van der Waals surface area contributed by atoms with E-state index in [9.17, 15) is 0 Å². The van der Waals surface area contributed by atoms with E-state index in [-0.39, 0.29) is 0 Å². The Bertz CT molecular complexity index is 1290. The maximum Gasteiger partial charge on any atom is 0.269 e. The van der Waals surface area contributed by atoms with Crippen molar-refractivity contribution in [2.45, 2.75) is 113 Å². The third-order valence-corrected chi connectivity index (χ3v) is 26.1. The highest BCUT2D eigenvalue weighted by molar-refractivity contribution is 8.78. The highest BCUT2D eigenvalue weighted by atomic mass is 33.1. The molecule has 2 nitrogen and oxygen atoms in total. The average molecular weight is 711 g/mol. The fourth-order valence-corrected chi connectivity index (χ4v) is 25.2. The summed E-state index contributed by atoms with van der Waals surface area (Å²) < 4.78 is 15.5. The summed E-state index contributed by atoms with van der Waals surface area (Å²) in [5.41, 5.74) is 0. The van der Waals surface area contributed by atoms with Crippen molar-refractivity contribution in [2.75, 3.05) is 0 Å². The van der Waals surface area contributed by atoms with Crippen LogP contribution in [0.1, 0.15) is 90.9 Å². The van der Waals surface area contributed by atoms with Crippen molar-refractivity contribution in [3.05, 3.63) is 121 Å². The summed E-state index contributed by atoms with van der Waals surface area (Å²) in [4.78, 5) is 0.687. The molecule has 0 aliphatic heterocycles. The first kappa shape index (κ1) is 35.7. The van der Waals surface area contributed by atoms with Crippen molar-refractivity contribution in [1.82, 2.24) is 0 Å². The normalized spacial score (nSPS) is 18.0. The van der Waals surface area contributed by atoms with Crippen LogP contribution in [0.4, 0.5) is 0 Å². The summed E-state index contributed by atoms with van der Waals surface area (Å²) in [6.07, 6.45) is 15.2. The van der Waals surface area contributed by atoms with Gasteiger partial charge in [-0.1, -0.05) is 195 Å². The molecule has 0 N–H and O–H groups in total. The van der Waals surface area contributed by atoms with Gasteiger partial charge in [0.2, 0.25) is 0 Å². The minimum absolute atomic E-state index is 0.323. The summed E-state index contributed by atoms with van der Waals surface area (Å²) in [6.45, 7) is 4.79. The van der Waals surface area contributed by atoms with Crippen LogP contribution < -0.4 is 20.7 Å². The smallest absolute Gasteiger partial charge is 0.269 e. The minimum Gasteiger partial charge on any atom is -0.404 e. The van der Waals surface area contributed by atoms with Gasteiger partial charge < -0.3 is 8.85 Å². The summed E-state index contributed by atoms with van der Waals surface area (Å²) in [7, 11) is -1.12. The molecule has 2 unspecified atom stereocenters. The van der Waals surface area contributed by atoms with E-state index in [1.54, 1.807) is 0 Å². The van der Waals surface area contributed by atoms with Crippen LogP contribution in [0.3, 0.4) is 0 Å². The number of benzene rings is 4. The summed E-state index contributed by atoms with van der Waals surface area (Å²) in [6, 6.07) is 45.4. The van der Waals surface area contributed by atoms with Crippen molar-refractivity contribution in [3.8, 4) is 0 Å². The zero-order valence-corrected chi connectivity index (χ0v) is 32.6. The molecular formula is C42H54O2S2Si2. The van der Waals surface area contributed by atoms with Crippen molar-refractivity contribution >= 4 is 59.0 Å². The highest BCUT2D eigenvalue weighted by Gasteiger charge is 2.52. The molecular weight excluding hydrogens is 657 g/mol. The number of rotatable bonds is 15. The lowest BCUT2D eigenvalue weighted by atomic mass is 9.98. The Morgan fingerprint density at radius 1 is 0.458 bits per heavy atom. The monoisotopic (exact) mass is 710 g/mol. The molecule has 2 atom stereocenters. The first-order valence-electron chi connectivity index (χ1n) is 18.6. The predicted molar refractivity (Wildman–Crippen MR) is 215 cm³/mol. The first-order valence-corrected chi connectivity index (χ1v) is 24.8. The van der Waals surface area contributed by atoms with E-state index in [0.717, 1.165) is 12.8 Å². The molecule has 6 heteroatoms. The van der Waals surface area contributed by atoms with Gasteiger partial charge in [-0.05, 0) is 59.3 Å². The van der Waals surface area contributed by atoms with E-state index >= 15 is 0 Å². The molecule has 0 heterocycles. The van der Waals surface area contributed by atoms with E-state index in [1.165, 1.54) is 85.0 Å². The SMILES string of the molecule is CCC(SSC(CC)[Si](OC1CCCCC1)(c1ccccc1)c1ccccc1)[Si](OC1CCCCC1)(c1ccccc1)c1ccccc1. The van der Waals surface area contributed by atoms with Gasteiger partial charge in [0.25, 0.3) is 16.6 Å². The lowest BCUT2D eigenvalue weighted by Gasteiger charge is -2.44. The molecule has 2 fully saturated rings. The second kappa shape index (κ2) is 17.7. The summed E-state index contributed by atoms with van der Waals surface area (Å²) in [5, 5.41) is 5.62. The first-order chi connectivity index (χ1) is 23.7. The van der Waals surface area contributed by atoms with Crippen molar-refractivity contribution < 1.29 is 8.85 Å². The van der Waals surface area contributed by atoms with Crippen molar-refractivity contribution in [1.29, 1.82) is 0 Å². The van der Waals surface area contributed by atoms with Gasteiger partial charge in [0, 0.05) is 22.0 Å². The molecule has 48 heavy (non-hydrogen) atoms. The van der Waals surface area contributed by atoms with Gasteiger partial charge in [0.15, 0.2) is 0 Å². The van der Waals surface area contributed by atoms with Crippen molar-refractivity contribution in [2.24, 2.45) is 0 Å². The zero-order chi connectivity index (χ0) is 33.1. The van der Waals surface area contributed by atoms with Crippen LogP contribution in [0.25, 0.3) is 0 Å². The van der Waals surface area contributed by atoms with E-state index in [4.69, 9.17) is 8.85 Å². The average Bonchev–Trinajstić information content (AvgIpc) is 3.17. The van der Waals surface area contributed by atoms with Crippen LogP contribution in [0.2, 0.25) is 0 Å². The Balaban J connectivity index is 1.43. The van der Waals surface area contributed by atoms with Crippen LogP contribution in [0.5, 0.6) is 0 Å². The molecule has 2 aliphatic carbocycles. The highest BCUT2D eigenvalue weighted by Crippen LogP contribution is 2.43. The largest absolute Gasteiger partial charge is 0.404 e. The maximum atomic E-state index is 7.73. The van der Waals surface area contributed by atoms with Crippen molar-refractivity contribution in [3.63, 3.8) is 0 Å². The molecule has 2 aliphatic rings. The third kappa shape index (κ3) is 7.95. The van der Waals surface area contributed by atoms with Crippen LogP contribution in [-0.2, 0) is 8.85 Å². The van der Waals surface area contributed by atoms with E-state index in [0.29, 0.717) is 22.0 Å². The molecule has 0 amide bonds. The van der Waals surface area contributed by atoms with Crippen LogP contribution in [0.15, 0.2) is 121 Å². The molecule has 0 spiro atoms. The lowest BCUT2D eigenvalue weighted by Crippen LogP contribution is -2.70. The van der Waals surface area contributed by atoms with Gasteiger partial charge in [0.1, 0.15) is 0 Å². The Hall–Kier alpha value is -2.07. The standard InChI is InChI=1S/C42H54O2S2Si2/c1-3-41(47(37-27-15-7-16-28-37,38-29-17-8-18-30-38)43-35-23-11-5-12-24-35)45-46-42(4-2)48(39-31-19-9-20-32-39,40-33-21-10-22-34-40)44-36-25-13-6-14-26-36/h7-10,15-22,27-36,41-42H,3-6,11-14,23-26H2,1-2H3. The van der Waals surface area contributed by atoms with Crippen LogP contribution >= 0.6 is 21.6 Å². The topological polar surface area (TPSA) is 18.5 Å². The molecule has 0 aromatic heterocycles. The van der Waals surface area contributed by atoms with E-state index < -0.39 is 16.6 Å². The Morgan fingerprint density at radius 2 is 0.729 bits per heavy atom. The maximum absolute atomic E-state index is 7.73. The molecule has 0 saturated heterocycles. The van der Waals surface area contributed by atoms with Crippen LogP contribution in [0, 0.1) is 0 Å². The fourth-order valence-electron chi connectivity index (χ4n) is 8.12. The van der Waals surface area contributed by atoms with Crippen LogP contribution in [-0.4, -0.2) is 38.6 Å². The van der Waals surface area contributed by atoms with Gasteiger partial charge in [-0.3, -0.25) is 0 Å².